The van der Waals surface area contributed by atoms with Gasteiger partial charge in [-0.3, -0.25) is 0 Å². The van der Waals surface area contributed by atoms with Crippen LogP contribution in [-0.2, 0) is 17.9 Å². The lowest BCUT2D eigenvalue weighted by atomic mass is 10.4. The first kappa shape index (κ1) is 13.6. The highest BCUT2D eigenvalue weighted by molar-refractivity contribution is 7.09. The van der Waals surface area contributed by atoms with Crippen LogP contribution in [0.25, 0.3) is 0 Å². The van der Waals surface area contributed by atoms with E-state index >= 15 is 0 Å². The molecule has 0 radical (unpaired) electrons. The van der Waals surface area contributed by atoms with Gasteiger partial charge in [-0.05, 0) is 19.4 Å². The van der Waals surface area contributed by atoms with E-state index in [1.54, 1.807) is 12.3 Å². The van der Waals surface area contributed by atoms with Crippen molar-refractivity contribution >= 4 is 23.0 Å². The number of thiazole rings is 1. The molecule has 2 rings (SSSR count). The number of hydrogen-bond acceptors (Lipinski definition) is 5. The van der Waals surface area contributed by atoms with E-state index in [4.69, 9.17) is 10.5 Å². The molecule has 0 aliphatic heterocycles. The Kier molecular flexibility index (Phi) is 4.21. The van der Waals surface area contributed by atoms with Crippen LogP contribution in [0.1, 0.15) is 34.5 Å². The van der Waals surface area contributed by atoms with Crippen LogP contribution in [0.4, 0.5) is 5.69 Å². The van der Waals surface area contributed by atoms with Gasteiger partial charge in [0.05, 0.1) is 5.69 Å². The molecule has 0 amide bonds. The number of ether oxygens (including phenoxy) is 1. The van der Waals surface area contributed by atoms with Gasteiger partial charge in [-0.2, -0.15) is 0 Å². The summed E-state index contributed by atoms with van der Waals surface area (Å²) in [5.41, 5.74) is 7.73. The Labute approximate surface area is 116 Å². The second-order valence-electron chi connectivity index (χ2n) is 4.31. The topological polar surface area (TPSA) is 70.1 Å². The lowest BCUT2D eigenvalue weighted by Crippen LogP contribution is -2.11. The number of carbonyl (C=O) groups excluding carboxylic acids is 1. The van der Waals surface area contributed by atoms with E-state index in [-0.39, 0.29) is 12.6 Å². The fraction of sp³-hybridized carbons (Fsp3) is 0.385. The van der Waals surface area contributed by atoms with Gasteiger partial charge in [0.2, 0.25) is 0 Å². The second kappa shape index (κ2) is 5.88. The van der Waals surface area contributed by atoms with Gasteiger partial charge in [0.1, 0.15) is 17.3 Å². The quantitative estimate of drug-likeness (QED) is 0.854. The average Bonchev–Trinajstić information content (AvgIpc) is 2.93. The minimum Gasteiger partial charge on any atom is -0.454 e. The standard InChI is InChI=1S/C13H17N3O2S/c1-3-4-16-6-10(14)5-11(16)13(17)18-7-12-15-9(2)8-19-12/h5-6,8H,3-4,7,14H2,1-2H3. The monoisotopic (exact) mass is 279 g/mol. The van der Waals surface area contributed by atoms with Crippen molar-refractivity contribution in [2.24, 2.45) is 0 Å². The number of hydrogen-bond donors (Lipinski definition) is 1. The van der Waals surface area contributed by atoms with Crippen LogP contribution in [0.3, 0.4) is 0 Å². The molecule has 2 N–H and O–H groups in total. The van der Waals surface area contributed by atoms with Gasteiger partial charge >= 0.3 is 5.97 Å². The van der Waals surface area contributed by atoms with Gasteiger partial charge in [-0.15, -0.1) is 11.3 Å². The lowest BCUT2D eigenvalue weighted by molar-refractivity contribution is 0.0459. The SMILES string of the molecule is CCCn1cc(N)cc1C(=O)OCc1nc(C)cs1. The number of esters is 1. The van der Waals surface area contributed by atoms with Gasteiger partial charge in [0.25, 0.3) is 0 Å². The highest BCUT2D eigenvalue weighted by Crippen LogP contribution is 2.15. The predicted molar refractivity (Wildman–Crippen MR) is 75.1 cm³/mol. The van der Waals surface area contributed by atoms with E-state index in [0.717, 1.165) is 23.7 Å². The zero-order valence-corrected chi connectivity index (χ0v) is 11.9. The normalized spacial score (nSPS) is 10.6. The summed E-state index contributed by atoms with van der Waals surface area (Å²) in [6.07, 6.45) is 2.69. The van der Waals surface area contributed by atoms with Gasteiger partial charge in [-0.25, -0.2) is 9.78 Å². The largest absolute Gasteiger partial charge is 0.454 e. The van der Waals surface area contributed by atoms with Crippen molar-refractivity contribution in [3.63, 3.8) is 0 Å². The third kappa shape index (κ3) is 3.35. The summed E-state index contributed by atoms with van der Waals surface area (Å²) in [4.78, 5) is 16.3. The van der Waals surface area contributed by atoms with Crippen LogP contribution in [0, 0.1) is 6.92 Å². The third-order valence-electron chi connectivity index (χ3n) is 2.58. The molecule has 2 aromatic heterocycles. The first-order chi connectivity index (χ1) is 9.10. The van der Waals surface area contributed by atoms with E-state index in [1.165, 1.54) is 11.3 Å². The van der Waals surface area contributed by atoms with Gasteiger partial charge in [0, 0.05) is 23.8 Å². The summed E-state index contributed by atoms with van der Waals surface area (Å²) in [6.45, 7) is 4.91. The van der Waals surface area contributed by atoms with Gasteiger partial charge < -0.3 is 15.0 Å². The van der Waals surface area contributed by atoms with Crippen LogP contribution < -0.4 is 5.73 Å². The molecule has 0 bridgehead atoms. The Morgan fingerprint density at radius 1 is 1.58 bits per heavy atom. The molecule has 0 atom stereocenters. The number of carbonyl (C=O) groups is 1. The maximum Gasteiger partial charge on any atom is 0.355 e. The molecular formula is C13H17N3O2S. The van der Waals surface area contributed by atoms with E-state index in [9.17, 15) is 4.79 Å². The van der Waals surface area contributed by atoms with Crippen molar-refractivity contribution < 1.29 is 9.53 Å². The number of nitrogen functional groups attached to an aromatic ring is 1. The zero-order chi connectivity index (χ0) is 13.8. The summed E-state index contributed by atoms with van der Waals surface area (Å²) in [5.74, 6) is -0.363. The molecule has 0 fully saturated rings. The summed E-state index contributed by atoms with van der Waals surface area (Å²) in [5, 5.41) is 2.73. The van der Waals surface area contributed by atoms with Crippen LogP contribution in [0.2, 0.25) is 0 Å². The van der Waals surface area contributed by atoms with Crippen LogP contribution in [-0.4, -0.2) is 15.5 Å². The van der Waals surface area contributed by atoms with Crippen molar-refractivity contribution in [3.05, 3.63) is 34.0 Å². The van der Waals surface area contributed by atoms with Crippen LogP contribution in [0.15, 0.2) is 17.6 Å². The number of anilines is 1. The van der Waals surface area contributed by atoms with Crippen molar-refractivity contribution in [1.29, 1.82) is 0 Å². The molecule has 2 aromatic rings. The molecule has 19 heavy (non-hydrogen) atoms. The van der Waals surface area contributed by atoms with Crippen LogP contribution in [0.5, 0.6) is 0 Å². The van der Waals surface area contributed by atoms with Crippen molar-refractivity contribution in [3.8, 4) is 0 Å². The summed E-state index contributed by atoms with van der Waals surface area (Å²) in [7, 11) is 0. The average molecular weight is 279 g/mol. The molecule has 6 heteroatoms. The van der Waals surface area contributed by atoms with Crippen molar-refractivity contribution in [2.75, 3.05) is 5.73 Å². The minimum absolute atomic E-state index is 0.203. The number of nitrogens with zero attached hydrogens (tertiary/aromatic N) is 2. The summed E-state index contributed by atoms with van der Waals surface area (Å²) >= 11 is 1.49. The zero-order valence-electron chi connectivity index (χ0n) is 11.0. The molecule has 0 aromatic carbocycles. The fourth-order valence-electron chi connectivity index (χ4n) is 1.80. The number of nitrogens with two attached hydrogens (primary N) is 1. The maximum atomic E-state index is 12.0. The fourth-order valence-corrected chi connectivity index (χ4v) is 2.48. The highest BCUT2D eigenvalue weighted by Gasteiger charge is 2.14. The predicted octanol–water partition coefficient (Wildman–Crippen LogP) is 2.60. The first-order valence-corrected chi connectivity index (χ1v) is 7.02. The van der Waals surface area contributed by atoms with Crippen molar-refractivity contribution in [1.82, 2.24) is 9.55 Å². The smallest absolute Gasteiger partial charge is 0.355 e. The molecular weight excluding hydrogens is 262 g/mol. The summed E-state index contributed by atoms with van der Waals surface area (Å²) < 4.78 is 7.08. The Bertz CT molecular complexity index is 574. The van der Waals surface area contributed by atoms with Crippen molar-refractivity contribution in [2.45, 2.75) is 33.4 Å². The molecule has 0 unspecified atom stereocenters. The van der Waals surface area contributed by atoms with Gasteiger partial charge in [-0.1, -0.05) is 6.92 Å². The molecule has 5 nitrogen and oxygen atoms in total. The minimum atomic E-state index is -0.363. The van der Waals surface area contributed by atoms with E-state index in [2.05, 4.69) is 4.98 Å². The molecule has 0 aliphatic carbocycles. The second-order valence-corrected chi connectivity index (χ2v) is 5.25. The lowest BCUT2D eigenvalue weighted by Gasteiger charge is -2.06. The van der Waals surface area contributed by atoms with E-state index in [1.807, 2.05) is 23.8 Å². The molecule has 102 valence electrons. The summed E-state index contributed by atoms with van der Waals surface area (Å²) in [6, 6.07) is 1.64. The Balaban J connectivity index is 2.03. The number of aryl methyl sites for hydroxylation is 2. The Hall–Kier alpha value is -1.82. The molecule has 2 heterocycles. The molecule has 0 saturated heterocycles. The third-order valence-corrected chi connectivity index (χ3v) is 3.52. The molecule has 0 spiro atoms. The maximum absolute atomic E-state index is 12.0. The molecule has 0 aliphatic rings. The molecule has 0 saturated carbocycles. The van der Waals surface area contributed by atoms with Crippen LogP contribution >= 0.6 is 11.3 Å². The number of aromatic nitrogens is 2. The Morgan fingerprint density at radius 2 is 2.37 bits per heavy atom. The van der Waals surface area contributed by atoms with E-state index < -0.39 is 0 Å². The van der Waals surface area contributed by atoms with Gasteiger partial charge in [0.15, 0.2) is 0 Å². The first-order valence-electron chi connectivity index (χ1n) is 6.14. The van der Waals surface area contributed by atoms with E-state index in [0.29, 0.717) is 11.4 Å². The highest BCUT2D eigenvalue weighted by atomic mass is 32.1. The number of rotatable bonds is 5. The Morgan fingerprint density at radius 3 is 3.00 bits per heavy atom.